The molecule has 1 amide bonds. The van der Waals surface area contributed by atoms with Gasteiger partial charge in [0.1, 0.15) is 6.04 Å². The number of amides is 1. The summed E-state index contributed by atoms with van der Waals surface area (Å²) in [6, 6.07) is -0.143. The van der Waals surface area contributed by atoms with Crippen LogP contribution >= 0.6 is 0 Å². The Balaban J connectivity index is 2.31. The Labute approximate surface area is 85.2 Å². The molecule has 0 saturated heterocycles. The lowest BCUT2D eigenvalue weighted by molar-refractivity contribution is -0.145. The van der Waals surface area contributed by atoms with Gasteiger partial charge >= 0.3 is 0 Å². The molecule has 0 bridgehead atoms. The maximum absolute atomic E-state index is 11.5. The third kappa shape index (κ3) is 3.27. The van der Waals surface area contributed by atoms with Gasteiger partial charge in [-0.3, -0.25) is 4.79 Å². The smallest absolute Gasteiger partial charge is 0.239 e. The van der Waals surface area contributed by atoms with Gasteiger partial charge in [0.25, 0.3) is 0 Å². The van der Waals surface area contributed by atoms with Crippen molar-refractivity contribution in [2.45, 2.75) is 51.1 Å². The van der Waals surface area contributed by atoms with Crippen molar-refractivity contribution >= 4 is 5.91 Å². The molecule has 1 fully saturated rings. The van der Waals surface area contributed by atoms with Crippen molar-refractivity contribution in [1.82, 2.24) is 10.4 Å². The van der Waals surface area contributed by atoms with E-state index in [9.17, 15) is 4.79 Å². The van der Waals surface area contributed by atoms with Crippen LogP contribution in [0.5, 0.6) is 0 Å². The number of rotatable bonds is 3. The highest BCUT2D eigenvalue weighted by Gasteiger charge is 2.21. The zero-order valence-electron chi connectivity index (χ0n) is 8.99. The summed E-state index contributed by atoms with van der Waals surface area (Å²) in [5.74, 6) is -0.0816. The highest BCUT2D eigenvalue weighted by atomic mass is 16.5. The molecular formula is C10H20N2O2. The van der Waals surface area contributed by atoms with E-state index >= 15 is 0 Å². The second-order valence-corrected chi connectivity index (χ2v) is 4.09. The van der Waals surface area contributed by atoms with Crippen molar-refractivity contribution in [2.24, 2.45) is 0 Å². The van der Waals surface area contributed by atoms with Crippen molar-refractivity contribution < 1.29 is 10.0 Å². The zero-order valence-corrected chi connectivity index (χ0v) is 8.99. The van der Waals surface area contributed by atoms with Gasteiger partial charge in [0, 0.05) is 13.1 Å². The van der Waals surface area contributed by atoms with Crippen LogP contribution in [0, 0.1) is 0 Å². The maximum Gasteiger partial charge on any atom is 0.239 e. The number of carbonyl (C=O) groups is 1. The quantitative estimate of drug-likeness (QED) is 0.672. The lowest BCUT2D eigenvalue weighted by atomic mass is 9.95. The number of hydrogen-bond acceptors (Lipinski definition) is 3. The molecular weight excluding hydrogens is 180 g/mol. The minimum absolute atomic E-state index is 0.0816. The number of carbonyl (C=O) groups excluding carboxylic acids is 1. The summed E-state index contributed by atoms with van der Waals surface area (Å²) in [7, 11) is 1.49. The van der Waals surface area contributed by atoms with E-state index < -0.39 is 6.04 Å². The van der Waals surface area contributed by atoms with Crippen LogP contribution in [0.1, 0.15) is 39.0 Å². The molecule has 1 atom stereocenters. The Bertz CT molecular complexity index is 189. The zero-order chi connectivity index (χ0) is 10.6. The molecule has 0 aliphatic heterocycles. The molecule has 0 radical (unpaired) electrons. The predicted octanol–water partition coefficient (Wildman–Crippen LogP) is 1.14. The van der Waals surface area contributed by atoms with E-state index in [1.807, 2.05) is 0 Å². The van der Waals surface area contributed by atoms with Gasteiger partial charge in [-0.15, -0.1) is 0 Å². The van der Waals surface area contributed by atoms with Gasteiger partial charge in [-0.05, 0) is 19.8 Å². The number of likely N-dealkylation sites (N-methyl/N-ethyl adjacent to an activating group) is 1. The summed E-state index contributed by atoms with van der Waals surface area (Å²) in [4.78, 5) is 11.5. The first kappa shape index (κ1) is 11.5. The highest BCUT2D eigenvalue weighted by molar-refractivity contribution is 5.81. The second-order valence-electron chi connectivity index (χ2n) is 4.09. The molecule has 2 N–H and O–H groups in total. The van der Waals surface area contributed by atoms with Crippen molar-refractivity contribution in [1.29, 1.82) is 0 Å². The molecule has 0 aromatic heterocycles. The van der Waals surface area contributed by atoms with Crippen LogP contribution in [0.2, 0.25) is 0 Å². The first-order valence-corrected chi connectivity index (χ1v) is 5.33. The van der Waals surface area contributed by atoms with E-state index in [2.05, 4.69) is 5.32 Å². The van der Waals surface area contributed by atoms with Gasteiger partial charge in [-0.2, -0.15) is 5.06 Å². The van der Waals surface area contributed by atoms with Gasteiger partial charge in [0.2, 0.25) is 5.91 Å². The summed E-state index contributed by atoms with van der Waals surface area (Å²) < 4.78 is 0. The summed E-state index contributed by atoms with van der Waals surface area (Å²) in [5, 5.41) is 13.0. The third-order valence-corrected chi connectivity index (χ3v) is 2.89. The fourth-order valence-corrected chi connectivity index (χ4v) is 1.74. The summed E-state index contributed by atoms with van der Waals surface area (Å²) >= 11 is 0. The molecule has 82 valence electrons. The minimum Gasteiger partial charge on any atom is -0.352 e. The average molecular weight is 200 g/mol. The van der Waals surface area contributed by atoms with Crippen molar-refractivity contribution in [3.8, 4) is 0 Å². The fourth-order valence-electron chi connectivity index (χ4n) is 1.74. The Hall–Kier alpha value is -0.610. The number of hydrogen-bond donors (Lipinski definition) is 2. The Kier molecular flexibility index (Phi) is 4.35. The predicted molar refractivity (Wildman–Crippen MR) is 54.0 cm³/mol. The first-order chi connectivity index (χ1) is 6.61. The summed E-state index contributed by atoms with van der Waals surface area (Å²) in [6.07, 6.45) is 5.84. The lowest BCUT2D eigenvalue weighted by Crippen LogP contribution is -2.46. The highest BCUT2D eigenvalue weighted by Crippen LogP contribution is 2.17. The minimum atomic E-state index is -0.461. The van der Waals surface area contributed by atoms with E-state index in [-0.39, 0.29) is 5.91 Å². The summed E-state index contributed by atoms with van der Waals surface area (Å²) in [5.41, 5.74) is 0. The van der Waals surface area contributed by atoms with Crippen LogP contribution in [0.15, 0.2) is 0 Å². The normalized spacial score (nSPS) is 20.9. The topological polar surface area (TPSA) is 52.6 Å². The van der Waals surface area contributed by atoms with Crippen molar-refractivity contribution in [3.05, 3.63) is 0 Å². The van der Waals surface area contributed by atoms with Crippen LogP contribution in [0.3, 0.4) is 0 Å². The van der Waals surface area contributed by atoms with E-state index in [1.54, 1.807) is 6.92 Å². The molecule has 1 aliphatic rings. The van der Waals surface area contributed by atoms with Gasteiger partial charge in [0.05, 0.1) is 0 Å². The summed E-state index contributed by atoms with van der Waals surface area (Å²) in [6.45, 7) is 1.69. The molecule has 4 nitrogen and oxygen atoms in total. The van der Waals surface area contributed by atoms with Crippen LogP contribution in [0.25, 0.3) is 0 Å². The first-order valence-electron chi connectivity index (χ1n) is 5.33. The molecule has 0 heterocycles. The standard InChI is InChI=1S/C10H20N2O2/c1-8(12(2)14)10(13)11-9-6-4-3-5-7-9/h8-9,14H,3-7H2,1-2H3,(H,11,13). The maximum atomic E-state index is 11.5. The lowest BCUT2D eigenvalue weighted by Gasteiger charge is -2.25. The molecule has 1 aliphatic carbocycles. The van der Waals surface area contributed by atoms with Gasteiger partial charge in [-0.1, -0.05) is 19.3 Å². The molecule has 1 unspecified atom stereocenters. The molecule has 4 heteroatoms. The largest absolute Gasteiger partial charge is 0.352 e. The Morgan fingerprint density at radius 3 is 2.50 bits per heavy atom. The van der Waals surface area contributed by atoms with Crippen molar-refractivity contribution in [3.63, 3.8) is 0 Å². The number of nitrogens with zero attached hydrogens (tertiary/aromatic N) is 1. The van der Waals surface area contributed by atoms with E-state index in [0.717, 1.165) is 17.9 Å². The molecule has 0 spiro atoms. The van der Waals surface area contributed by atoms with E-state index in [0.29, 0.717) is 6.04 Å². The average Bonchev–Trinajstić information content (AvgIpc) is 2.18. The van der Waals surface area contributed by atoms with Crippen LogP contribution in [-0.2, 0) is 4.79 Å². The van der Waals surface area contributed by atoms with E-state index in [4.69, 9.17) is 5.21 Å². The molecule has 0 aromatic rings. The Morgan fingerprint density at radius 2 is 2.00 bits per heavy atom. The molecule has 14 heavy (non-hydrogen) atoms. The monoisotopic (exact) mass is 200 g/mol. The molecule has 1 saturated carbocycles. The SMILES string of the molecule is CC(C(=O)NC1CCCCC1)N(C)O. The third-order valence-electron chi connectivity index (χ3n) is 2.89. The fraction of sp³-hybridized carbons (Fsp3) is 0.900. The molecule has 0 aromatic carbocycles. The van der Waals surface area contributed by atoms with Crippen molar-refractivity contribution in [2.75, 3.05) is 7.05 Å². The number of nitrogens with one attached hydrogen (secondary N) is 1. The van der Waals surface area contributed by atoms with Crippen LogP contribution < -0.4 is 5.32 Å². The van der Waals surface area contributed by atoms with Gasteiger partial charge in [0.15, 0.2) is 0 Å². The van der Waals surface area contributed by atoms with Crippen LogP contribution in [-0.4, -0.2) is 35.3 Å². The Morgan fingerprint density at radius 1 is 1.43 bits per heavy atom. The second kappa shape index (κ2) is 5.32. The molecule has 1 rings (SSSR count). The van der Waals surface area contributed by atoms with E-state index in [1.165, 1.54) is 26.3 Å². The van der Waals surface area contributed by atoms with Gasteiger partial charge < -0.3 is 10.5 Å². The van der Waals surface area contributed by atoms with Gasteiger partial charge in [-0.25, -0.2) is 0 Å². The van der Waals surface area contributed by atoms with Crippen LogP contribution in [0.4, 0.5) is 0 Å². The number of hydroxylamine groups is 2.